The molecule has 0 bridgehead atoms. The van der Waals surface area contributed by atoms with Gasteiger partial charge < -0.3 is 9.73 Å². The van der Waals surface area contributed by atoms with Gasteiger partial charge in [0.1, 0.15) is 10.7 Å². The predicted molar refractivity (Wildman–Crippen MR) is 81.6 cm³/mol. The molecular formula is C11H8ClN5O3S. The van der Waals surface area contributed by atoms with Crippen molar-refractivity contribution in [1.82, 2.24) is 10.4 Å². The minimum absolute atomic E-state index is 0.196. The van der Waals surface area contributed by atoms with E-state index in [1.54, 1.807) is 12.1 Å². The van der Waals surface area contributed by atoms with Crippen LogP contribution in [-0.4, -0.2) is 21.2 Å². The maximum atomic E-state index is 10.4. The normalized spacial score (nSPS) is 10.5. The third kappa shape index (κ3) is 4.51. The summed E-state index contributed by atoms with van der Waals surface area (Å²) in [6.07, 6.45) is 2.73. The lowest BCUT2D eigenvalue weighted by Gasteiger charge is -2.05. The van der Waals surface area contributed by atoms with Crippen molar-refractivity contribution in [2.75, 3.05) is 5.32 Å². The summed E-state index contributed by atoms with van der Waals surface area (Å²) in [6.45, 7) is 0. The maximum absolute atomic E-state index is 10.4. The van der Waals surface area contributed by atoms with Gasteiger partial charge in [-0.2, -0.15) is 5.10 Å². The zero-order chi connectivity index (χ0) is 15.2. The standard InChI is InChI=1S/C11H8ClN5O3S/c12-7-1-3-9(13-5-7)15-11(21)16-14-6-8-2-4-10(20-8)17(18)19/h1-6H,(H2,13,15,16,21)/b14-6+. The summed E-state index contributed by atoms with van der Waals surface area (Å²) in [5.41, 5.74) is 2.52. The maximum Gasteiger partial charge on any atom is 0.433 e. The summed E-state index contributed by atoms with van der Waals surface area (Å²) < 4.78 is 4.88. The monoisotopic (exact) mass is 325 g/mol. The number of halogens is 1. The lowest BCUT2D eigenvalue weighted by Crippen LogP contribution is -2.24. The number of nitro groups is 1. The van der Waals surface area contributed by atoms with Gasteiger partial charge in [-0.25, -0.2) is 4.98 Å². The first kappa shape index (κ1) is 14.9. The van der Waals surface area contributed by atoms with Crippen LogP contribution >= 0.6 is 23.8 Å². The van der Waals surface area contributed by atoms with Crippen molar-refractivity contribution in [2.45, 2.75) is 0 Å². The number of nitrogens with one attached hydrogen (secondary N) is 2. The van der Waals surface area contributed by atoms with Crippen molar-refractivity contribution in [2.24, 2.45) is 5.10 Å². The van der Waals surface area contributed by atoms with Crippen LogP contribution in [-0.2, 0) is 0 Å². The Morgan fingerprint density at radius 3 is 2.90 bits per heavy atom. The van der Waals surface area contributed by atoms with Crippen LogP contribution < -0.4 is 10.7 Å². The summed E-state index contributed by atoms with van der Waals surface area (Å²) >= 11 is 10.7. The molecule has 0 aliphatic carbocycles. The molecule has 2 heterocycles. The summed E-state index contributed by atoms with van der Waals surface area (Å²) in [7, 11) is 0. The first-order chi connectivity index (χ1) is 10.0. The molecule has 10 heteroatoms. The van der Waals surface area contributed by atoms with Gasteiger partial charge in [-0.1, -0.05) is 11.6 Å². The van der Waals surface area contributed by atoms with E-state index in [-0.39, 0.29) is 16.8 Å². The molecule has 0 radical (unpaired) electrons. The van der Waals surface area contributed by atoms with Crippen LogP contribution in [0.1, 0.15) is 5.76 Å². The van der Waals surface area contributed by atoms with Crippen LogP contribution in [0.3, 0.4) is 0 Å². The van der Waals surface area contributed by atoms with Gasteiger partial charge in [-0.3, -0.25) is 15.5 Å². The Kier molecular flexibility index (Phi) is 4.80. The number of nitrogens with zero attached hydrogens (tertiary/aromatic N) is 3. The van der Waals surface area contributed by atoms with Crippen molar-refractivity contribution < 1.29 is 9.34 Å². The number of hydrogen-bond donors (Lipinski definition) is 2. The molecule has 21 heavy (non-hydrogen) atoms. The summed E-state index contributed by atoms with van der Waals surface area (Å²) in [5, 5.41) is 17.7. The van der Waals surface area contributed by atoms with Crippen LogP contribution in [0.4, 0.5) is 11.7 Å². The number of aromatic nitrogens is 1. The highest BCUT2D eigenvalue weighted by atomic mass is 35.5. The number of rotatable bonds is 4. The molecule has 0 fully saturated rings. The first-order valence-electron chi connectivity index (χ1n) is 5.50. The van der Waals surface area contributed by atoms with Crippen LogP contribution in [0.25, 0.3) is 0 Å². The van der Waals surface area contributed by atoms with Crippen molar-refractivity contribution in [3.05, 3.63) is 51.4 Å². The molecule has 0 saturated carbocycles. The molecule has 0 aliphatic heterocycles. The van der Waals surface area contributed by atoms with Gasteiger partial charge in [-0.05, 0) is 30.4 Å². The van der Waals surface area contributed by atoms with Gasteiger partial charge in [0.05, 0.1) is 17.3 Å². The van der Waals surface area contributed by atoms with Crippen molar-refractivity contribution in [1.29, 1.82) is 0 Å². The Morgan fingerprint density at radius 2 is 2.29 bits per heavy atom. The molecule has 2 rings (SSSR count). The van der Waals surface area contributed by atoms with E-state index < -0.39 is 4.92 Å². The third-order valence-corrected chi connectivity index (χ3v) is 2.54. The number of anilines is 1. The van der Waals surface area contributed by atoms with E-state index in [2.05, 4.69) is 20.8 Å². The average molecular weight is 326 g/mol. The fourth-order valence-corrected chi connectivity index (χ4v) is 1.53. The fourth-order valence-electron chi connectivity index (χ4n) is 1.26. The first-order valence-corrected chi connectivity index (χ1v) is 6.29. The molecule has 8 nitrogen and oxygen atoms in total. The molecule has 2 N–H and O–H groups in total. The summed E-state index contributed by atoms with van der Waals surface area (Å²) in [5.74, 6) is 0.366. The number of hydrogen-bond acceptors (Lipinski definition) is 6. The molecule has 0 saturated heterocycles. The second-order valence-corrected chi connectivity index (χ2v) is 4.46. The molecule has 108 valence electrons. The highest BCUT2D eigenvalue weighted by Crippen LogP contribution is 2.13. The van der Waals surface area contributed by atoms with Crippen LogP contribution in [0.15, 0.2) is 40.0 Å². The molecule has 0 unspecified atom stereocenters. The average Bonchev–Trinajstić information content (AvgIpc) is 2.90. The summed E-state index contributed by atoms with van der Waals surface area (Å²) in [4.78, 5) is 13.8. The van der Waals surface area contributed by atoms with Crippen molar-refractivity contribution in [3.8, 4) is 0 Å². The second-order valence-electron chi connectivity index (χ2n) is 3.62. The minimum atomic E-state index is -0.636. The zero-order valence-electron chi connectivity index (χ0n) is 10.3. The highest BCUT2D eigenvalue weighted by Gasteiger charge is 2.10. The van der Waals surface area contributed by atoms with Gasteiger partial charge in [0.2, 0.25) is 0 Å². The Balaban J connectivity index is 1.86. The van der Waals surface area contributed by atoms with Gasteiger partial charge in [0.25, 0.3) is 0 Å². The van der Waals surface area contributed by atoms with E-state index in [9.17, 15) is 10.1 Å². The van der Waals surface area contributed by atoms with Crippen molar-refractivity contribution in [3.63, 3.8) is 0 Å². The molecule has 0 spiro atoms. The summed E-state index contributed by atoms with van der Waals surface area (Å²) in [6, 6.07) is 5.96. The number of pyridine rings is 1. The smallest absolute Gasteiger partial charge is 0.400 e. The lowest BCUT2D eigenvalue weighted by molar-refractivity contribution is -0.402. The molecule has 0 atom stereocenters. The fraction of sp³-hybridized carbons (Fsp3) is 0. The van der Waals surface area contributed by atoms with Crippen LogP contribution in [0.2, 0.25) is 5.02 Å². The number of hydrazone groups is 1. The quantitative estimate of drug-likeness (QED) is 0.385. The largest absolute Gasteiger partial charge is 0.433 e. The molecular weight excluding hydrogens is 318 g/mol. The SMILES string of the molecule is O=[N+]([O-])c1ccc(/C=N/NC(=S)Nc2ccc(Cl)cn2)o1. The molecule has 0 aromatic carbocycles. The van der Waals surface area contributed by atoms with E-state index in [1.165, 1.54) is 24.5 Å². The van der Waals surface area contributed by atoms with E-state index >= 15 is 0 Å². The van der Waals surface area contributed by atoms with E-state index in [1.807, 2.05) is 0 Å². The Labute approximate surface area is 129 Å². The Bertz CT molecular complexity index is 685. The highest BCUT2D eigenvalue weighted by molar-refractivity contribution is 7.80. The van der Waals surface area contributed by atoms with Crippen molar-refractivity contribution >= 4 is 46.8 Å². The Morgan fingerprint density at radius 1 is 1.48 bits per heavy atom. The zero-order valence-corrected chi connectivity index (χ0v) is 11.9. The van der Waals surface area contributed by atoms with Crippen LogP contribution in [0.5, 0.6) is 0 Å². The van der Waals surface area contributed by atoms with E-state index in [0.717, 1.165) is 0 Å². The van der Waals surface area contributed by atoms with Gasteiger partial charge in [0.15, 0.2) is 10.9 Å². The lowest BCUT2D eigenvalue weighted by atomic mass is 10.5. The Hall–Kier alpha value is -2.52. The van der Waals surface area contributed by atoms with E-state index in [0.29, 0.717) is 10.8 Å². The van der Waals surface area contributed by atoms with Gasteiger partial charge in [0, 0.05) is 6.20 Å². The second kappa shape index (κ2) is 6.77. The van der Waals surface area contributed by atoms with Gasteiger partial charge >= 0.3 is 5.88 Å². The van der Waals surface area contributed by atoms with Gasteiger partial charge in [-0.15, -0.1) is 0 Å². The third-order valence-electron chi connectivity index (χ3n) is 2.12. The molecule has 0 aliphatic rings. The topological polar surface area (TPSA) is 106 Å². The predicted octanol–water partition coefficient (Wildman–Crippen LogP) is 2.56. The molecule has 2 aromatic heterocycles. The number of thiocarbonyl (C=S) groups is 1. The van der Waals surface area contributed by atoms with Crippen LogP contribution in [0, 0.1) is 10.1 Å². The number of furan rings is 1. The minimum Gasteiger partial charge on any atom is -0.400 e. The molecule has 2 aromatic rings. The van der Waals surface area contributed by atoms with E-state index in [4.69, 9.17) is 28.2 Å². The molecule has 0 amide bonds.